The first-order valence-corrected chi connectivity index (χ1v) is 5.36. The third-order valence-electron chi connectivity index (χ3n) is 2.23. The SMILES string of the molecule is CC(C)[n+]1cc(/N=C(\[O-])c2ccccc2)on1. The van der Waals surface area contributed by atoms with E-state index in [4.69, 9.17) is 4.52 Å². The van der Waals surface area contributed by atoms with Gasteiger partial charge in [0.15, 0.2) is 6.04 Å². The minimum atomic E-state index is -0.336. The van der Waals surface area contributed by atoms with Gasteiger partial charge in [0, 0.05) is 0 Å². The molecule has 5 heteroatoms. The van der Waals surface area contributed by atoms with Crippen LogP contribution in [0, 0.1) is 0 Å². The van der Waals surface area contributed by atoms with Crippen LogP contribution in [0.25, 0.3) is 0 Å². The number of aliphatic imine (C=N–C) groups is 1. The van der Waals surface area contributed by atoms with Gasteiger partial charge < -0.3 is 5.11 Å². The summed E-state index contributed by atoms with van der Waals surface area (Å²) in [6, 6.07) is 9.01. The first-order chi connectivity index (χ1) is 8.16. The summed E-state index contributed by atoms with van der Waals surface area (Å²) >= 11 is 0. The topological polar surface area (TPSA) is 65.3 Å². The highest BCUT2D eigenvalue weighted by molar-refractivity contribution is 5.91. The quantitative estimate of drug-likeness (QED) is 0.449. The van der Waals surface area contributed by atoms with Crippen molar-refractivity contribution >= 4 is 11.8 Å². The first-order valence-electron chi connectivity index (χ1n) is 5.36. The summed E-state index contributed by atoms with van der Waals surface area (Å²) in [5.74, 6) is -0.120. The molecule has 1 aromatic carbocycles. The lowest BCUT2D eigenvalue weighted by Gasteiger charge is -2.07. The van der Waals surface area contributed by atoms with Crippen molar-refractivity contribution in [2.24, 2.45) is 4.99 Å². The molecule has 0 saturated heterocycles. The molecular formula is C12H13N3O2. The lowest BCUT2D eigenvalue weighted by atomic mass is 10.2. The highest BCUT2D eigenvalue weighted by Gasteiger charge is 2.13. The van der Waals surface area contributed by atoms with E-state index in [0.29, 0.717) is 5.56 Å². The van der Waals surface area contributed by atoms with E-state index in [9.17, 15) is 5.11 Å². The van der Waals surface area contributed by atoms with Gasteiger partial charge >= 0.3 is 5.88 Å². The zero-order chi connectivity index (χ0) is 12.3. The van der Waals surface area contributed by atoms with Crippen molar-refractivity contribution < 1.29 is 14.3 Å². The monoisotopic (exact) mass is 231 g/mol. The van der Waals surface area contributed by atoms with Gasteiger partial charge in [0.25, 0.3) is 6.20 Å². The van der Waals surface area contributed by atoms with Crippen LogP contribution < -0.4 is 9.79 Å². The molecule has 1 heterocycles. The molecule has 0 aliphatic carbocycles. The second-order valence-corrected chi connectivity index (χ2v) is 3.90. The smallest absolute Gasteiger partial charge is 0.320 e. The Morgan fingerprint density at radius 1 is 1.35 bits per heavy atom. The number of nitrogens with zero attached hydrogens (tertiary/aromatic N) is 3. The molecule has 0 atom stereocenters. The predicted molar refractivity (Wildman–Crippen MR) is 59.7 cm³/mol. The molecule has 0 bridgehead atoms. The third kappa shape index (κ3) is 2.69. The largest absolute Gasteiger partial charge is 0.858 e. The Balaban J connectivity index is 2.24. The number of hydrogen-bond acceptors (Lipinski definition) is 4. The standard InChI is InChI=1S/C12H13N3O2/c1-9(2)15-8-11(17-14-15)13-12(16)10-6-4-3-5-7-10/h3-9H,1-2H3. The summed E-state index contributed by atoms with van der Waals surface area (Å²) in [6.45, 7) is 3.93. The van der Waals surface area contributed by atoms with Gasteiger partial charge in [0.2, 0.25) is 5.27 Å². The minimum absolute atomic E-state index is 0.175. The highest BCUT2D eigenvalue weighted by Crippen LogP contribution is 2.09. The lowest BCUT2D eigenvalue weighted by Crippen LogP contribution is -2.36. The van der Waals surface area contributed by atoms with Crippen molar-refractivity contribution in [3.05, 3.63) is 42.1 Å². The van der Waals surface area contributed by atoms with Crippen molar-refractivity contribution in [3.63, 3.8) is 0 Å². The molecule has 0 saturated carbocycles. The summed E-state index contributed by atoms with van der Waals surface area (Å²) in [5.41, 5.74) is 0.528. The first kappa shape index (κ1) is 11.3. The fourth-order valence-corrected chi connectivity index (χ4v) is 1.29. The molecule has 0 N–H and O–H groups in total. The van der Waals surface area contributed by atoms with Gasteiger partial charge in [-0.2, -0.15) is 0 Å². The Morgan fingerprint density at radius 2 is 2.06 bits per heavy atom. The molecule has 0 amide bonds. The Bertz CT molecular complexity index is 518. The minimum Gasteiger partial charge on any atom is -0.858 e. The fourth-order valence-electron chi connectivity index (χ4n) is 1.29. The van der Waals surface area contributed by atoms with Crippen LogP contribution in [-0.4, -0.2) is 11.2 Å². The Hall–Kier alpha value is -2.17. The average molecular weight is 231 g/mol. The lowest BCUT2D eigenvalue weighted by molar-refractivity contribution is -0.779. The van der Waals surface area contributed by atoms with Gasteiger partial charge in [0.1, 0.15) is 0 Å². The Morgan fingerprint density at radius 3 is 2.65 bits per heavy atom. The summed E-state index contributed by atoms with van der Waals surface area (Å²) in [5, 5.41) is 15.5. The maximum absolute atomic E-state index is 11.7. The van der Waals surface area contributed by atoms with Crippen molar-refractivity contribution in [1.29, 1.82) is 0 Å². The second kappa shape index (κ2) is 4.78. The van der Waals surface area contributed by atoms with Crippen LogP contribution in [-0.2, 0) is 0 Å². The van der Waals surface area contributed by atoms with Crippen LogP contribution in [0.2, 0.25) is 0 Å². The van der Waals surface area contributed by atoms with Gasteiger partial charge in [-0.3, -0.25) is 4.52 Å². The van der Waals surface area contributed by atoms with Crippen molar-refractivity contribution in [1.82, 2.24) is 5.27 Å². The fraction of sp³-hybridized carbons (Fsp3) is 0.250. The van der Waals surface area contributed by atoms with Crippen LogP contribution in [0.1, 0.15) is 25.5 Å². The molecule has 0 unspecified atom stereocenters. The van der Waals surface area contributed by atoms with Crippen LogP contribution in [0.15, 0.2) is 46.0 Å². The molecule has 88 valence electrons. The molecule has 0 spiro atoms. The van der Waals surface area contributed by atoms with E-state index in [0.717, 1.165) is 0 Å². The third-order valence-corrected chi connectivity index (χ3v) is 2.23. The maximum Gasteiger partial charge on any atom is 0.320 e. The van der Waals surface area contributed by atoms with Gasteiger partial charge in [-0.25, -0.2) is 4.99 Å². The molecular weight excluding hydrogens is 218 g/mol. The molecule has 17 heavy (non-hydrogen) atoms. The summed E-state index contributed by atoms with van der Waals surface area (Å²) in [4.78, 5) is 3.84. The Labute approximate surface area is 99.0 Å². The zero-order valence-electron chi connectivity index (χ0n) is 9.70. The summed E-state index contributed by atoms with van der Waals surface area (Å²) in [6.07, 6.45) is 1.60. The molecule has 2 aromatic rings. The van der Waals surface area contributed by atoms with E-state index in [1.165, 1.54) is 0 Å². The van der Waals surface area contributed by atoms with Gasteiger partial charge in [-0.1, -0.05) is 30.3 Å². The van der Waals surface area contributed by atoms with E-state index in [-0.39, 0.29) is 17.8 Å². The Kier molecular flexibility index (Phi) is 3.18. The number of aromatic nitrogens is 2. The zero-order valence-corrected chi connectivity index (χ0v) is 9.70. The summed E-state index contributed by atoms with van der Waals surface area (Å²) in [7, 11) is 0. The number of benzene rings is 1. The average Bonchev–Trinajstić information content (AvgIpc) is 2.79. The van der Waals surface area contributed by atoms with Crippen LogP contribution in [0.3, 0.4) is 0 Å². The number of rotatable bonds is 3. The normalized spacial score (nSPS) is 12.1. The highest BCUT2D eigenvalue weighted by atomic mass is 16.5. The molecule has 0 fully saturated rings. The number of hydrogen-bond donors (Lipinski definition) is 0. The van der Waals surface area contributed by atoms with Crippen molar-refractivity contribution in [2.45, 2.75) is 19.9 Å². The predicted octanol–water partition coefficient (Wildman–Crippen LogP) is 0.982. The van der Waals surface area contributed by atoms with E-state index >= 15 is 0 Å². The van der Waals surface area contributed by atoms with Crippen LogP contribution >= 0.6 is 0 Å². The molecule has 5 nitrogen and oxygen atoms in total. The second-order valence-electron chi connectivity index (χ2n) is 3.90. The molecule has 0 aliphatic heterocycles. The van der Waals surface area contributed by atoms with Crippen molar-refractivity contribution in [2.75, 3.05) is 0 Å². The van der Waals surface area contributed by atoms with E-state index in [1.54, 1.807) is 35.1 Å². The molecule has 0 radical (unpaired) electrons. The molecule has 2 rings (SSSR count). The molecule has 0 aliphatic rings. The maximum atomic E-state index is 11.7. The van der Waals surface area contributed by atoms with Gasteiger partial charge in [0.05, 0.1) is 0 Å². The van der Waals surface area contributed by atoms with Crippen molar-refractivity contribution in [3.8, 4) is 0 Å². The van der Waals surface area contributed by atoms with Gasteiger partial charge in [-0.05, 0) is 30.0 Å². The molecule has 1 aromatic heterocycles. The van der Waals surface area contributed by atoms with Crippen LogP contribution in [0.4, 0.5) is 5.88 Å². The summed E-state index contributed by atoms with van der Waals surface area (Å²) < 4.78 is 6.55. The van der Waals surface area contributed by atoms with E-state index in [1.807, 2.05) is 19.9 Å². The van der Waals surface area contributed by atoms with E-state index in [2.05, 4.69) is 10.3 Å². The van der Waals surface area contributed by atoms with E-state index < -0.39 is 0 Å². The van der Waals surface area contributed by atoms with Gasteiger partial charge in [-0.15, -0.1) is 0 Å². The van der Waals surface area contributed by atoms with Crippen LogP contribution in [0.5, 0.6) is 0 Å².